The summed E-state index contributed by atoms with van der Waals surface area (Å²) in [5.74, 6) is -0.429. The number of carbonyl (C=O) groups excluding carboxylic acids is 2. The van der Waals surface area contributed by atoms with Gasteiger partial charge in [0.2, 0.25) is 5.91 Å². The van der Waals surface area contributed by atoms with Gasteiger partial charge in [0.25, 0.3) is 0 Å². The number of nitrogens with zero attached hydrogens (tertiary/aromatic N) is 1. The topological polar surface area (TPSA) is 102 Å². The van der Waals surface area contributed by atoms with Gasteiger partial charge < -0.3 is 25.2 Å². The summed E-state index contributed by atoms with van der Waals surface area (Å²) in [6, 6.07) is 15.1. The Morgan fingerprint density at radius 3 is 2.56 bits per heavy atom. The number of rotatable bonds is 7. The standard InChI is InChI=1S/C26H31ClN2O5/c27-21-15-19(9-10-22(21)33-17-18-7-3-1-4-8-18)23(26(32)12-5-2-6-13-26)24(30)29-14-11-20(16-29)34-25(28)31/h1,3-4,7-10,15,20,23,32H,2,5-6,11-14,16-17H2,(H2,28,31). The second kappa shape index (κ2) is 10.7. The Kier molecular flexibility index (Phi) is 7.63. The molecule has 8 heteroatoms. The molecule has 2 amide bonds. The number of aliphatic hydroxyl groups is 1. The van der Waals surface area contributed by atoms with E-state index in [0.29, 0.717) is 48.7 Å². The molecule has 1 aliphatic carbocycles. The van der Waals surface area contributed by atoms with Crippen LogP contribution in [0.15, 0.2) is 48.5 Å². The smallest absolute Gasteiger partial charge is 0.404 e. The predicted octanol–water partition coefficient (Wildman–Crippen LogP) is 4.39. The van der Waals surface area contributed by atoms with Crippen LogP contribution in [0.5, 0.6) is 5.75 Å². The average molecular weight is 487 g/mol. The quantitative estimate of drug-likeness (QED) is 0.604. The largest absolute Gasteiger partial charge is 0.487 e. The molecule has 0 bridgehead atoms. The van der Waals surface area contributed by atoms with E-state index >= 15 is 0 Å². The van der Waals surface area contributed by atoms with Crippen LogP contribution in [0.1, 0.15) is 55.6 Å². The third kappa shape index (κ3) is 5.65. The lowest BCUT2D eigenvalue weighted by Gasteiger charge is -2.40. The Morgan fingerprint density at radius 2 is 1.88 bits per heavy atom. The Bertz CT molecular complexity index is 1010. The molecule has 2 aromatic rings. The van der Waals surface area contributed by atoms with Crippen LogP contribution >= 0.6 is 11.6 Å². The number of halogens is 1. The molecule has 3 N–H and O–H groups in total. The van der Waals surface area contributed by atoms with E-state index in [0.717, 1.165) is 24.8 Å². The first-order valence-corrected chi connectivity index (χ1v) is 12.2. The molecule has 34 heavy (non-hydrogen) atoms. The minimum atomic E-state index is -1.16. The van der Waals surface area contributed by atoms with Gasteiger partial charge in [0.15, 0.2) is 0 Å². The number of hydrogen-bond acceptors (Lipinski definition) is 5. The summed E-state index contributed by atoms with van der Waals surface area (Å²) in [7, 11) is 0. The van der Waals surface area contributed by atoms with Crippen molar-refractivity contribution in [2.24, 2.45) is 5.73 Å². The molecule has 2 atom stereocenters. The van der Waals surface area contributed by atoms with E-state index in [1.54, 1.807) is 17.0 Å². The zero-order valence-electron chi connectivity index (χ0n) is 19.1. The number of primary amides is 1. The second-order valence-electron chi connectivity index (χ2n) is 9.19. The van der Waals surface area contributed by atoms with E-state index in [2.05, 4.69) is 0 Å². The number of likely N-dealkylation sites (tertiary alicyclic amines) is 1. The third-order valence-electron chi connectivity index (χ3n) is 6.77. The lowest BCUT2D eigenvalue weighted by Crippen LogP contribution is -2.47. The summed E-state index contributed by atoms with van der Waals surface area (Å²) in [5, 5.41) is 12.0. The molecule has 7 nitrogen and oxygen atoms in total. The van der Waals surface area contributed by atoms with Crippen LogP contribution in [0.4, 0.5) is 4.79 Å². The SMILES string of the molecule is NC(=O)OC1CCN(C(=O)C(c2ccc(OCc3ccccc3)c(Cl)c2)C2(O)CCCCC2)C1. The summed E-state index contributed by atoms with van der Waals surface area (Å²) < 4.78 is 11.0. The van der Waals surface area contributed by atoms with Gasteiger partial charge in [-0.2, -0.15) is 0 Å². The van der Waals surface area contributed by atoms with Crippen LogP contribution in [0.2, 0.25) is 5.02 Å². The molecule has 182 valence electrons. The highest BCUT2D eigenvalue weighted by Gasteiger charge is 2.46. The average Bonchev–Trinajstić information content (AvgIpc) is 3.27. The Hall–Kier alpha value is -2.77. The van der Waals surface area contributed by atoms with Crippen molar-refractivity contribution in [2.75, 3.05) is 13.1 Å². The summed E-state index contributed by atoms with van der Waals surface area (Å²) in [4.78, 5) is 26.5. The molecular formula is C26H31ClN2O5. The van der Waals surface area contributed by atoms with Crippen molar-refractivity contribution in [3.63, 3.8) is 0 Å². The zero-order chi connectivity index (χ0) is 24.1. The highest BCUT2D eigenvalue weighted by molar-refractivity contribution is 6.32. The van der Waals surface area contributed by atoms with Crippen LogP contribution < -0.4 is 10.5 Å². The minimum Gasteiger partial charge on any atom is -0.487 e. The van der Waals surface area contributed by atoms with E-state index in [9.17, 15) is 14.7 Å². The molecule has 1 saturated heterocycles. The lowest BCUT2D eigenvalue weighted by atomic mass is 9.72. The lowest BCUT2D eigenvalue weighted by molar-refractivity contribution is -0.141. The van der Waals surface area contributed by atoms with E-state index in [4.69, 9.17) is 26.8 Å². The first-order chi connectivity index (χ1) is 16.4. The normalized spacial score (nSPS) is 20.5. The van der Waals surface area contributed by atoms with Crippen molar-refractivity contribution >= 4 is 23.6 Å². The van der Waals surface area contributed by atoms with Crippen LogP contribution in [0.25, 0.3) is 0 Å². The molecule has 0 aromatic heterocycles. The summed E-state index contributed by atoms with van der Waals surface area (Å²) >= 11 is 6.57. The maximum Gasteiger partial charge on any atom is 0.404 e. The van der Waals surface area contributed by atoms with Gasteiger partial charge in [0.1, 0.15) is 18.5 Å². The van der Waals surface area contributed by atoms with Gasteiger partial charge in [-0.1, -0.05) is 67.3 Å². The molecule has 4 rings (SSSR count). The number of hydrogen-bond donors (Lipinski definition) is 2. The Balaban J connectivity index is 1.56. The van der Waals surface area contributed by atoms with E-state index < -0.39 is 23.7 Å². The maximum atomic E-state index is 13.7. The van der Waals surface area contributed by atoms with Crippen LogP contribution in [-0.2, 0) is 16.1 Å². The molecular weight excluding hydrogens is 456 g/mol. The monoisotopic (exact) mass is 486 g/mol. The van der Waals surface area contributed by atoms with Crippen molar-refractivity contribution in [3.05, 3.63) is 64.7 Å². The number of carbonyl (C=O) groups is 2. The van der Waals surface area contributed by atoms with Crippen molar-refractivity contribution in [1.82, 2.24) is 4.90 Å². The van der Waals surface area contributed by atoms with Crippen molar-refractivity contribution < 1.29 is 24.2 Å². The number of nitrogens with two attached hydrogens (primary N) is 1. The predicted molar refractivity (Wildman–Crippen MR) is 129 cm³/mol. The molecule has 0 radical (unpaired) electrons. The van der Waals surface area contributed by atoms with E-state index in [1.165, 1.54) is 0 Å². The molecule has 1 heterocycles. The number of benzene rings is 2. The second-order valence-corrected chi connectivity index (χ2v) is 9.60. The molecule has 2 fully saturated rings. The first-order valence-electron chi connectivity index (χ1n) is 11.8. The van der Waals surface area contributed by atoms with E-state index in [-0.39, 0.29) is 12.5 Å². The number of ether oxygens (including phenoxy) is 2. The van der Waals surface area contributed by atoms with Gasteiger partial charge in [-0.25, -0.2) is 4.79 Å². The maximum absolute atomic E-state index is 13.7. The van der Waals surface area contributed by atoms with Crippen LogP contribution in [-0.4, -0.2) is 46.8 Å². The van der Waals surface area contributed by atoms with Crippen LogP contribution in [0.3, 0.4) is 0 Å². The molecule has 0 spiro atoms. The summed E-state index contributed by atoms with van der Waals surface area (Å²) in [5.41, 5.74) is 5.67. The van der Waals surface area contributed by atoms with Gasteiger partial charge in [-0.3, -0.25) is 4.79 Å². The molecule has 2 aliphatic rings. The highest BCUT2D eigenvalue weighted by Crippen LogP contribution is 2.43. The molecule has 1 saturated carbocycles. The fourth-order valence-electron chi connectivity index (χ4n) is 5.06. The summed E-state index contributed by atoms with van der Waals surface area (Å²) in [6.45, 7) is 1.08. The Labute approximate surface area is 204 Å². The van der Waals surface area contributed by atoms with Gasteiger partial charge in [-0.15, -0.1) is 0 Å². The first kappa shape index (κ1) is 24.4. The van der Waals surface area contributed by atoms with Gasteiger partial charge in [-0.05, 0) is 36.1 Å². The van der Waals surface area contributed by atoms with Crippen molar-refractivity contribution in [1.29, 1.82) is 0 Å². The van der Waals surface area contributed by atoms with Crippen molar-refractivity contribution in [3.8, 4) is 5.75 Å². The van der Waals surface area contributed by atoms with Gasteiger partial charge in [0, 0.05) is 13.0 Å². The Morgan fingerprint density at radius 1 is 1.15 bits per heavy atom. The van der Waals surface area contributed by atoms with Crippen LogP contribution in [0, 0.1) is 0 Å². The van der Waals surface area contributed by atoms with Crippen molar-refractivity contribution in [2.45, 2.75) is 62.8 Å². The minimum absolute atomic E-state index is 0.186. The third-order valence-corrected chi connectivity index (χ3v) is 7.06. The highest BCUT2D eigenvalue weighted by atomic mass is 35.5. The fourth-order valence-corrected chi connectivity index (χ4v) is 5.30. The zero-order valence-corrected chi connectivity index (χ0v) is 19.9. The molecule has 2 aromatic carbocycles. The fraction of sp³-hybridized carbons (Fsp3) is 0.462. The van der Waals surface area contributed by atoms with E-state index in [1.807, 2.05) is 36.4 Å². The molecule has 2 unspecified atom stereocenters. The molecule has 1 aliphatic heterocycles. The van der Waals surface area contributed by atoms with Gasteiger partial charge >= 0.3 is 6.09 Å². The number of amides is 2. The summed E-state index contributed by atoms with van der Waals surface area (Å²) in [6.07, 6.45) is 3.09. The van der Waals surface area contributed by atoms with Gasteiger partial charge in [0.05, 0.1) is 23.1 Å².